The number of hydrogen-bond acceptors (Lipinski definition) is 2. The molecule has 0 radical (unpaired) electrons. The zero-order valence-corrected chi connectivity index (χ0v) is 84.9. The van der Waals surface area contributed by atoms with Gasteiger partial charge >= 0.3 is 0 Å². The molecule has 0 spiro atoms. The van der Waals surface area contributed by atoms with Crippen LogP contribution in [0.3, 0.4) is 0 Å². The molecule has 1 aliphatic heterocycles. The van der Waals surface area contributed by atoms with Crippen LogP contribution < -0.4 is 9.64 Å². The normalized spacial score (nSPS) is 14.4. The van der Waals surface area contributed by atoms with Gasteiger partial charge in [0.1, 0.15) is 0 Å². The van der Waals surface area contributed by atoms with Crippen molar-refractivity contribution < 1.29 is 4.74 Å². The number of unbranched alkanes of at least 4 members (excludes halogenated alkanes) is 38. The molecule has 0 atom stereocenters. The first-order chi connectivity index (χ1) is 66.2. The summed E-state index contributed by atoms with van der Waals surface area (Å²) >= 11 is 0. The maximum absolute atomic E-state index is 7.92. The largest absolute Gasteiger partial charge is 0.453 e. The predicted molar refractivity (Wildman–Crippen MR) is 583 cm³/mol. The first-order valence-corrected chi connectivity index (χ1v) is 56.0. The third-order valence-corrected chi connectivity index (χ3v) is 33.4. The molecule has 0 N–H and O–H groups in total. The molecular formula is C132H169NO. The zero-order chi connectivity index (χ0) is 92.4. The molecule has 11 aromatic carbocycles. The van der Waals surface area contributed by atoms with Crippen molar-refractivity contribution in [2.45, 2.75) is 424 Å². The van der Waals surface area contributed by atoms with Gasteiger partial charge in [-0.25, -0.2) is 0 Å². The van der Waals surface area contributed by atoms with Crippen LogP contribution >= 0.6 is 0 Å². The lowest BCUT2D eigenvalue weighted by Gasteiger charge is -2.36. The summed E-state index contributed by atoms with van der Waals surface area (Å²) in [7, 11) is 0. The van der Waals surface area contributed by atoms with Crippen LogP contribution in [0.1, 0.15) is 447 Å². The average molecular weight is 1790 g/mol. The molecule has 2 heteroatoms. The number of benzene rings is 11. The standard InChI is InChI=1S/C132H169NO/c1-9-17-25-33-41-59-84-129(85-60-42-34-26-18-10-2)116-74-55-53-70-108(116)112-96-122-114(98-120(112)129)110-80-76-102(92-118(110)131(122,88-57-39-31-23-15-7)89-58-40-32-24-16-8)104-78-82-124-126(94-104)134-127-95-105(79-83-125(127)133(124)128-106(100-66-49-47-50-67-100)72-65-73-107(128)101-68-51-48-52-69-101)103-77-81-111-115-99-121-113(97-123(115)132(119(111)93-103,90-63-45-37-29-21-13-5)91-64-46-38-30-22-14-6)109-71-54-56-75-117(109)130(121,86-61-43-35-27-19-11-3)87-62-44-36-28-20-12-4/h47-56,65-83,92-99H,9-46,57-64,84-91H2,1-8H3. The highest BCUT2D eigenvalue weighted by Gasteiger charge is 2.51. The van der Waals surface area contributed by atoms with Crippen LogP contribution in [0.2, 0.25) is 0 Å². The van der Waals surface area contributed by atoms with Gasteiger partial charge in [0.25, 0.3) is 0 Å². The number of anilines is 3. The Bertz CT molecular complexity index is 5410. The Balaban J connectivity index is 0.851. The molecule has 0 saturated heterocycles. The number of nitrogens with zero attached hydrogens (tertiary/aromatic N) is 1. The van der Waals surface area contributed by atoms with Gasteiger partial charge in [0.15, 0.2) is 11.5 Å². The molecule has 708 valence electrons. The number of fused-ring (bicyclic) bond motifs is 14. The molecule has 16 rings (SSSR count). The second-order valence-corrected chi connectivity index (χ2v) is 42.5. The molecule has 0 amide bonds. The zero-order valence-electron chi connectivity index (χ0n) is 84.9. The van der Waals surface area contributed by atoms with E-state index in [9.17, 15) is 0 Å². The van der Waals surface area contributed by atoms with Crippen LogP contribution in [0, 0.1) is 0 Å². The number of hydrogen-bond donors (Lipinski definition) is 0. The summed E-state index contributed by atoms with van der Waals surface area (Å²) in [5.74, 6) is 1.77. The van der Waals surface area contributed by atoms with Gasteiger partial charge < -0.3 is 9.64 Å². The Kier molecular flexibility index (Phi) is 35.4. The van der Waals surface area contributed by atoms with Crippen molar-refractivity contribution >= 4 is 17.1 Å². The number of ether oxygens (including phenoxy) is 1. The van der Waals surface area contributed by atoms with Crippen molar-refractivity contribution in [3.05, 3.63) is 269 Å². The van der Waals surface area contributed by atoms with Gasteiger partial charge in [0, 0.05) is 32.8 Å². The predicted octanol–water partition coefficient (Wildman–Crippen LogP) is 42.2. The van der Waals surface area contributed by atoms with E-state index in [1.807, 2.05) is 0 Å². The Morgan fingerprint density at radius 3 is 0.687 bits per heavy atom. The van der Waals surface area contributed by atoms with Crippen LogP contribution in [0.4, 0.5) is 17.1 Å². The topological polar surface area (TPSA) is 12.5 Å². The highest BCUT2D eigenvalue weighted by Crippen LogP contribution is 2.66. The molecule has 0 saturated carbocycles. The SMILES string of the molecule is CCCCCCCCC1(CCCCCCCC)c2ccccc2-c2cc3c(cc21)-c1ccc(-c2ccc4c(c2)Oc2cc(-c5ccc6c(c5)C(CCCCCCCC)(CCCCCCCC)c5cc7c(cc5-6)C(CCCCCCCC)(CCCCCCCC)c5ccccc5-7)ccc2N4c2c(-c4ccccc4)cccc2-c2ccccc2)cc1C3(CCCCCCC)CCCCCCC. The third kappa shape index (κ3) is 21.3. The molecule has 0 bridgehead atoms. The van der Waals surface area contributed by atoms with Gasteiger partial charge in [-0.1, -0.05) is 515 Å². The molecule has 11 aromatic rings. The van der Waals surface area contributed by atoms with E-state index >= 15 is 0 Å². The maximum Gasteiger partial charge on any atom is 0.152 e. The van der Waals surface area contributed by atoms with Gasteiger partial charge in [-0.15, -0.1) is 0 Å². The minimum absolute atomic E-state index is 0.00284. The Morgan fingerprint density at radius 1 is 0.172 bits per heavy atom. The quantitative estimate of drug-likeness (QED) is 0.0352. The fraction of sp³-hybridized carbons (Fsp3) is 0.500. The van der Waals surface area contributed by atoms with E-state index in [1.165, 1.54) is 425 Å². The lowest BCUT2D eigenvalue weighted by atomic mass is 9.68. The van der Waals surface area contributed by atoms with Crippen molar-refractivity contribution in [1.82, 2.24) is 0 Å². The number of rotatable bonds is 59. The molecule has 0 unspecified atom stereocenters. The van der Waals surface area contributed by atoms with Gasteiger partial charge in [0.05, 0.1) is 17.1 Å². The Morgan fingerprint density at radius 2 is 0.396 bits per heavy atom. The van der Waals surface area contributed by atoms with E-state index in [2.05, 4.69) is 285 Å². The van der Waals surface area contributed by atoms with Crippen molar-refractivity contribution in [2.24, 2.45) is 0 Å². The van der Waals surface area contributed by atoms with E-state index in [4.69, 9.17) is 4.74 Å². The monoisotopic (exact) mass is 1780 g/mol. The summed E-state index contributed by atoms with van der Waals surface area (Å²) in [5.41, 5.74) is 37.8. The van der Waals surface area contributed by atoms with Crippen LogP contribution in [0.15, 0.2) is 224 Å². The van der Waals surface area contributed by atoms with E-state index < -0.39 is 0 Å². The molecular weight excluding hydrogens is 1620 g/mol. The van der Waals surface area contributed by atoms with E-state index in [0.717, 1.165) is 28.6 Å². The Labute approximate surface area is 814 Å². The second-order valence-electron chi connectivity index (χ2n) is 42.5. The van der Waals surface area contributed by atoms with Crippen LogP contribution in [-0.4, -0.2) is 0 Å². The van der Waals surface area contributed by atoms with Crippen molar-refractivity contribution in [3.63, 3.8) is 0 Å². The van der Waals surface area contributed by atoms with Gasteiger partial charge in [-0.3, -0.25) is 0 Å². The maximum atomic E-state index is 7.92. The summed E-state index contributed by atoms with van der Waals surface area (Å²) in [4.78, 5) is 2.60. The van der Waals surface area contributed by atoms with Gasteiger partial charge in [0.2, 0.25) is 0 Å². The number of para-hydroxylation sites is 1. The third-order valence-electron chi connectivity index (χ3n) is 33.4. The Hall–Kier alpha value is -8.98. The molecule has 134 heavy (non-hydrogen) atoms. The van der Waals surface area contributed by atoms with Crippen molar-refractivity contribution in [1.29, 1.82) is 0 Å². The lowest BCUT2D eigenvalue weighted by molar-refractivity contribution is 0.394. The summed E-state index contributed by atoms with van der Waals surface area (Å²) in [6.07, 6.45) is 69.7. The second kappa shape index (κ2) is 48.4. The van der Waals surface area contributed by atoms with E-state index in [-0.39, 0.29) is 21.7 Å². The van der Waals surface area contributed by atoms with Crippen molar-refractivity contribution in [2.75, 3.05) is 4.90 Å². The van der Waals surface area contributed by atoms with Gasteiger partial charge in [-0.05, 0) is 234 Å². The fourth-order valence-corrected chi connectivity index (χ4v) is 26.1. The average Bonchev–Trinajstić information content (AvgIpc) is 1.53. The molecule has 2 nitrogen and oxygen atoms in total. The summed E-state index contributed by atoms with van der Waals surface area (Å²) in [6, 6.07) is 91.0. The van der Waals surface area contributed by atoms with Crippen LogP contribution in [-0.2, 0) is 21.7 Å². The molecule has 5 aliphatic rings. The summed E-state index contributed by atoms with van der Waals surface area (Å²) < 4.78 is 7.92. The summed E-state index contributed by atoms with van der Waals surface area (Å²) in [5, 5.41) is 0. The van der Waals surface area contributed by atoms with E-state index in [0.29, 0.717) is 0 Å². The molecule has 4 aliphatic carbocycles. The molecule has 0 aromatic heterocycles. The summed E-state index contributed by atoms with van der Waals surface area (Å²) in [6.45, 7) is 19.0. The molecule has 1 heterocycles. The van der Waals surface area contributed by atoms with Crippen molar-refractivity contribution in [3.8, 4) is 101 Å². The highest BCUT2D eigenvalue weighted by molar-refractivity contribution is 6.02. The van der Waals surface area contributed by atoms with Crippen LogP contribution in [0.5, 0.6) is 11.5 Å². The lowest BCUT2D eigenvalue weighted by Crippen LogP contribution is -2.27. The fourth-order valence-electron chi connectivity index (χ4n) is 26.1. The minimum Gasteiger partial charge on any atom is -0.453 e. The molecule has 0 fully saturated rings. The minimum atomic E-state index is -0.128. The first kappa shape index (κ1) is 98.1. The first-order valence-electron chi connectivity index (χ1n) is 56.0. The van der Waals surface area contributed by atoms with Crippen LogP contribution in [0.25, 0.3) is 89.0 Å². The highest BCUT2D eigenvalue weighted by atomic mass is 16.5. The van der Waals surface area contributed by atoms with E-state index in [1.54, 1.807) is 55.6 Å². The smallest absolute Gasteiger partial charge is 0.152 e. The van der Waals surface area contributed by atoms with Gasteiger partial charge in [-0.2, -0.15) is 0 Å².